The van der Waals surface area contributed by atoms with Crippen molar-refractivity contribution in [3.8, 4) is 16.6 Å². The first kappa shape index (κ1) is 15.3. The van der Waals surface area contributed by atoms with Gasteiger partial charge >= 0.3 is 0 Å². The molecule has 0 aliphatic rings. The second-order valence-corrected chi connectivity index (χ2v) is 6.05. The molecule has 4 aromatic rings. The zero-order valence-corrected chi connectivity index (χ0v) is 13.8. The highest BCUT2D eigenvalue weighted by Gasteiger charge is 2.13. The lowest BCUT2D eigenvalue weighted by molar-refractivity contribution is 0.0946. The maximum atomic E-state index is 12.3. The number of hydrogen-bond acceptors (Lipinski definition) is 6. The van der Waals surface area contributed by atoms with Crippen molar-refractivity contribution in [1.29, 1.82) is 0 Å². The van der Waals surface area contributed by atoms with E-state index in [1.165, 1.54) is 11.3 Å². The van der Waals surface area contributed by atoms with E-state index in [1.54, 1.807) is 41.0 Å². The van der Waals surface area contributed by atoms with Gasteiger partial charge in [0.1, 0.15) is 17.8 Å². The molecule has 4 heterocycles. The van der Waals surface area contributed by atoms with Gasteiger partial charge in [-0.3, -0.25) is 9.36 Å². The lowest BCUT2D eigenvalue weighted by atomic mass is 10.2. The minimum absolute atomic E-state index is 0.227. The van der Waals surface area contributed by atoms with E-state index >= 15 is 0 Å². The summed E-state index contributed by atoms with van der Waals surface area (Å²) in [7, 11) is 0. The number of aromatic nitrogens is 4. The highest BCUT2D eigenvalue weighted by Crippen LogP contribution is 2.23. The van der Waals surface area contributed by atoms with Crippen LogP contribution in [0.4, 0.5) is 0 Å². The van der Waals surface area contributed by atoms with Gasteiger partial charge in [0, 0.05) is 30.5 Å². The fourth-order valence-corrected chi connectivity index (χ4v) is 3.04. The van der Waals surface area contributed by atoms with Gasteiger partial charge < -0.3 is 9.73 Å². The van der Waals surface area contributed by atoms with Crippen LogP contribution in [-0.2, 0) is 6.54 Å². The van der Waals surface area contributed by atoms with E-state index in [-0.39, 0.29) is 5.91 Å². The lowest BCUT2D eigenvalue weighted by Gasteiger charge is -2.06. The Morgan fingerprint density at radius 3 is 3.08 bits per heavy atom. The lowest BCUT2D eigenvalue weighted by Crippen LogP contribution is -2.23. The molecular weight excluding hydrogens is 338 g/mol. The van der Waals surface area contributed by atoms with Gasteiger partial charge in [0.15, 0.2) is 10.8 Å². The molecule has 0 atom stereocenters. The molecule has 25 heavy (non-hydrogen) atoms. The third-order valence-electron chi connectivity index (χ3n) is 3.50. The predicted octanol–water partition coefficient (Wildman–Crippen LogP) is 2.91. The van der Waals surface area contributed by atoms with Crippen molar-refractivity contribution in [3.63, 3.8) is 0 Å². The van der Waals surface area contributed by atoms with Crippen LogP contribution < -0.4 is 5.32 Å². The van der Waals surface area contributed by atoms with Crippen molar-refractivity contribution in [2.24, 2.45) is 0 Å². The van der Waals surface area contributed by atoms with E-state index in [9.17, 15) is 4.79 Å². The summed E-state index contributed by atoms with van der Waals surface area (Å²) in [6, 6.07) is 7.36. The van der Waals surface area contributed by atoms with Gasteiger partial charge in [0.05, 0.1) is 6.26 Å². The second kappa shape index (κ2) is 6.70. The molecule has 0 spiro atoms. The first-order valence-electron chi connectivity index (χ1n) is 7.50. The molecule has 0 saturated heterocycles. The number of amides is 1. The zero-order valence-electron chi connectivity index (χ0n) is 13.0. The SMILES string of the molecule is O=C(NCc1ccnc(-n2ccnc2)c1)c1csc(-c2ccco2)n1. The van der Waals surface area contributed by atoms with Gasteiger partial charge in [-0.25, -0.2) is 15.0 Å². The summed E-state index contributed by atoms with van der Waals surface area (Å²) in [5.74, 6) is 1.18. The smallest absolute Gasteiger partial charge is 0.271 e. The number of rotatable bonds is 5. The number of pyridine rings is 1. The topological polar surface area (TPSA) is 85.8 Å². The molecule has 0 radical (unpaired) electrons. The normalized spacial score (nSPS) is 10.7. The van der Waals surface area contributed by atoms with Gasteiger partial charge in [-0.05, 0) is 29.8 Å². The van der Waals surface area contributed by atoms with Crippen molar-refractivity contribution in [2.45, 2.75) is 6.54 Å². The average molecular weight is 351 g/mol. The van der Waals surface area contributed by atoms with E-state index in [4.69, 9.17) is 4.42 Å². The molecule has 7 nitrogen and oxygen atoms in total. The Morgan fingerprint density at radius 1 is 1.32 bits per heavy atom. The third kappa shape index (κ3) is 3.33. The van der Waals surface area contributed by atoms with Crippen LogP contribution in [0.5, 0.6) is 0 Å². The molecule has 0 bridgehead atoms. The van der Waals surface area contributed by atoms with Crippen molar-refractivity contribution in [3.05, 3.63) is 72.1 Å². The third-order valence-corrected chi connectivity index (χ3v) is 4.36. The molecule has 8 heteroatoms. The number of nitrogens with zero attached hydrogens (tertiary/aromatic N) is 4. The first-order chi connectivity index (χ1) is 12.3. The van der Waals surface area contributed by atoms with Crippen LogP contribution in [0, 0.1) is 0 Å². The van der Waals surface area contributed by atoms with Crippen LogP contribution >= 0.6 is 11.3 Å². The molecule has 0 saturated carbocycles. The zero-order chi connectivity index (χ0) is 17.1. The highest BCUT2D eigenvalue weighted by atomic mass is 32.1. The number of nitrogens with one attached hydrogen (secondary N) is 1. The number of carbonyl (C=O) groups excluding carboxylic acids is 1. The summed E-state index contributed by atoms with van der Waals surface area (Å²) in [5, 5.41) is 5.27. The Morgan fingerprint density at radius 2 is 2.28 bits per heavy atom. The van der Waals surface area contributed by atoms with Gasteiger partial charge in [0.25, 0.3) is 5.91 Å². The Kier molecular flexibility index (Phi) is 4.09. The number of imidazole rings is 1. The number of carbonyl (C=O) groups is 1. The predicted molar refractivity (Wildman–Crippen MR) is 92.3 cm³/mol. The Labute approximate surface area is 147 Å². The summed E-state index contributed by atoms with van der Waals surface area (Å²) < 4.78 is 7.10. The van der Waals surface area contributed by atoms with E-state index in [0.29, 0.717) is 23.0 Å². The molecule has 0 fully saturated rings. The molecular formula is C17H13N5O2S. The van der Waals surface area contributed by atoms with Crippen LogP contribution in [0.3, 0.4) is 0 Å². The van der Waals surface area contributed by atoms with E-state index < -0.39 is 0 Å². The van der Waals surface area contributed by atoms with Crippen LogP contribution in [0.25, 0.3) is 16.6 Å². The molecule has 0 aliphatic carbocycles. The quantitative estimate of drug-likeness (QED) is 0.597. The Bertz CT molecular complexity index is 976. The monoisotopic (exact) mass is 351 g/mol. The molecule has 4 aromatic heterocycles. The van der Waals surface area contributed by atoms with Gasteiger partial charge in [0.2, 0.25) is 0 Å². The van der Waals surface area contributed by atoms with Crippen molar-refractivity contribution < 1.29 is 9.21 Å². The van der Waals surface area contributed by atoms with E-state index in [1.807, 2.05) is 24.4 Å². The van der Waals surface area contributed by atoms with Crippen molar-refractivity contribution in [1.82, 2.24) is 24.8 Å². The molecule has 1 N–H and O–H groups in total. The maximum Gasteiger partial charge on any atom is 0.271 e. The average Bonchev–Trinajstić information content (AvgIpc) is 3.41. The van der Waals surface area contributed by atoms with Gasteiger partial charge in [-0.15, -0.1) is 11.3 Å². The Hall–Kier alpha value is -3.26. The maximum absolute atomic E-state index is 12.3. The molecule has 0 aromatic carbocycles. The highest BCUT2D eigenvalue weighted by molar-refractivity contribution is 7.13. The number of thiazole rings is 1. The second-order valence-electron chi connectivity index (χ2n) is 5.19. The van der Waals surface area contributed by atoms with Crippen LogP contribution in [-0.4, -0.2) is 25.4 Å². The molecule has 4 rings (SSSR count). The minimum Gasteiger partial charge on any atom is -0.462 e. The fourth-order valence-electron chi connectivity index (χ4n) is 2.27. The molecule has 0 aliphatic heterocycles. The first-order valence-corrected chi connectivity index (χ1v) is 8.38. The summed E-state index contributed by atoms with van der Waals surface area (Å²) in [5.41, 5.74) is 1.31. The summed E-state index contributed by atoms with van der Waals surface area (Å²) >= 11 is 1.37. The molecule has 1 amide bonds. The summed E-state index contributed by atoms with van der Waals surface area (Å²) in [4.78, 5) is 24.9. The Balaban J connectivity index is 1.43. The minimum atomic E-state index is -0.227. The van der Waals surface area contributed by atoms with Gasteiger partial charge in [-0.1, -0.05) is 0 Å². The summed E-state index contributed by atoms with van der Waals surface area (Å²) in [6.45, 7) is 0.386. The summed E-state index contributed by atoms with van der Waals surface area (Å²) in [6.07, 6.45) is 8.47. The van der Waals surface area contributed by atoms with Crippen LogP contribution in [0.1, 0.15) is 16.1 Å². The number of hydrogen-bond donors (Lipinski definition) is 1. The number of furan rings is 1. The fraction of sp³-hybridized carbons (Fsp3) is 0.0588. The molecule has 124 valence electrons. The largest absolute Gasteiger partial charge is 0.462 e. The van der Waals surface area contributed by atoms with Crippen LogP contribution in [0.15, 0.2) is 65.2 Å². The standard InChI is InChI=1S/C17H13N5O2S/c23-16(13-10-25-17(21-13)14-2-1-7-24-14)20-9-12-3-4-19-15(8-12)22-6-5-18-11-22/h1-8,10-11H,9H2,(H,20,23). The van der Waals surface area contributed by atoms with E-state index in [2.05, 4.69) is 20.3 Å². The molecule has 0 unspecified atom stereocenters. The van der Waals surface area contributed by atoms with Crippen LogP contribution in [0.2, 0.25) is 0 Å². The van der Waals surface area contributed by atoms with Crippen molar-refractivity contribution in [2.75, 3.05) is 0 Å². The van der Waals surface area contributed by atoms with Crippen molar-refractivity contribution >= 4 is 17.2 Å². The van der Waals surface area contributed by atoms with E-state index in [0.717, 1.165) is 11.4 Å². The van der Waals surface area contributed by atoms with Gasteiger partial charge in [-0.2, -0.15) is 0 Å².